The Hall–Kier alpha value is -1.55. The van der Waals surface area contributed by atoms with E-state index in [0.29, 0.717) is 0 Å². The molecule has 19 heavy (non-hydrogen) atoms. The van der Waals surface area contributed by atoms with E-state index >= 15 is 0 Å². The first kappa shape index (κ1) is 13.9. The van der Waals surface area contributed by atoms with Crippen molar-refractivity contribution in [2.45, 2.75) is 44.8 Å². The van der Waals surface area contributed by atoms with Crippen molar-refractivity contribution in [2.75, 3.05) is 0 Å². The van der Waals surface area contributed by atoms with Crippen molar-refractivity contribution in [2.24, 2.45) is 5.92 Å². The Kier molecular flexibility index (Phi) is 4.10. The van der Waals surface area contributed by atoms with Crippen molar-refractivity contribution in [1.82, 2.24) is 0 Å². The Labute approximate surface area is 113 Å². The average molecular weight is 264 g/mol. The van der Waals surface area contributed by atoms with Gasteiger partial charge in [-0.2, -0.15) is 0 Å². The van der Waals surface area contributed by atoms with E-state index in [1.165, 1.54) is 12.5 Å². The summed E-state index contributed by atoms with van der Waals surface area (Å²) in [5, 5.41) is 19.6. The van der Waals surface area contributed by atoms with Gasteiger partial charge in [0.15, 0.2) is 0 Å². The summed E-state index contributed by atoms with van der Waals surface area (Å²) in [6.07, 6.45) is 5.21. The molecule has 4 nitrogen and oxygen atoms in total. The minimum atomic E-state index is -1.31. The van der Waals surface area contributed by atoms with E-state index in [1.54, 1.807) is 25.1 Å². The summed E-state index contributed by atoms with van der Waals surface area (Å²) in [6.45, 7) is 1.63. The third-order valence-electron chi connectivity index (χ3n) is 3.80. The lowest BCUT2D eigenvalue weighted by Crippen LogP contribution is -2.42. The van der Waals surface area contributed by atoms with Crippen molar-refractivity contribution in [1.29, 1.82) is 0 Å². The number of rotatable bonds is 4. The molecule has 1 atom stereocenters. The van der Waals surface area contributed by atoms with E-state index in [0.717, 1.165) is 25.7 Å². The zero-order valence-corrected chi connectivity index (χ0v) is 11.1. The molecule has 0 heterocycles. The highest BCUT2D eigenvalue weighted by Crippen LogP contribution is 2.35. The van der Waals surface area contributed by atoms with Crippen LogP contribution in [-0.2, 0) is 0 Å². The summed E-state index contributed by atoms with van der Waals surface area (Å²) >= 11 is 0. The van der Waals surface area contributed by atoms with Crippen LogP contribution in [0, 0.1) is 5.92 Å². The Morgan fingerprint density at radius 2 is 1.89 bits per heavy atom. The Morgan fingerprint density at radius 3 is 2.53 bits per heavy atom. The first-order chi connectivity index (χ1) is 9.00. The van der Waals surface area contributed by atoms with Crippen LogP contribution in [0.3, 0.4) is 0 Å². The van der Waals surface area contributed by atoms with Gasteiger partial charge < -0.3 is 14.9 Å². The number of para-hydroxylation sites is 1. The smallest absolute Gasteiger partial charge is 0.339 e. The second-order valence-corrected chi connectivity index (χ2v) is 5.29. The summed E-state index contributed by atoms with van der Waals surface area (Å²) in [4.78, 5) is 11.1. The number of hydrogen-bond acceptors (Lipinski definition) is 3. The molecule has 0 saturated heterocycles. The molecule has 1 aliphatic carbocycles. The second-order valence-electron chi connectivity index (χ2n) is 5.29. The monoisotopic (exact) mass is 264 g/mol. The topological polar surface area (TPSA) is 66.8 Å². The number of hydrogen-bond donors (Lipinski definition) is 2. The quantitative estimate of drug-likeness (QED) is 0.820. The van der Waals surface area contributed by atoms with E-state index < -0.39 is 11.8 Å². The highest BCUT2D eigenvalue weighted by molar-refractivity contribution is 5.90. The summed E-state index contributed by atoms with van der Waals surface area (Å²) < 4.78 is 5.61. The maximum absolute atomic E-state index is 11.1. The van der Waals surface area contributed by atoms with Crippen molar-refractivity contribution >= 4 is 5.97 Å². The largest absolute Gasteiger partial charge is 0.478 e. The highest BCUT2D eigenvalue weighted by atomic mass is 16.6. The molecule has 2 N–H and O–H groups in total. The predicted octanol–water partition coefficient (Wildman–Crippen LogP) is 3.05. The van der Waals surface area contributed by atoms with Crippen LogP contribution in [0.2, 0.25) is 0 Å². The van der Waals surface area contributed by atoms with Crippen LogP contribution in [0.15, 0.2) is 24.3 Å². The Morgan fingerprint density at radius 1 is 1.26 bits per heavy atom. The number of carboxylic acid groups (broad SMARTS) is 1. The molecule has 1 aromatic rings. The van der Waals surface area contributed by atoms with Crippen molar-refractivity contribution in [3.8, 4) is 5.75 Å². The molecule has 1 saturated carbocycles. The summed E-state index contributed by atoms with van der Waals surface area (Å²) in [5.41, 5.74) is 0.0820. The number of benzene rings is 1. The van der Waals surface area contributed by atoms with Gasteiger partial charge in [-0.25, -0.2) is 4.79 Å². The van der Waals surface area contributed by atoms with E-state index in [-0.39, 0.29) is 17.2 Å². The second kappa shape index (κ2) is 5.61. The fraction of sp³-hybridized carbons (Fsp3) is 0.533. The Bertz CT molecular complexity index is 447. The number of aliphatic hydroxyl groups is 1. The van der Waals surface area contributed by atoms with Crippen LogP contribution >= 0.6 is 0 Å². The van der Waals surface area contributed by atoms with Crippen molar-refractivity contribution in [3.63, 3.8) is 0 Å². The van der Waals surface area contributed by atoms with Crippen molar-refractivity contribution < 1.29 is 19.7 Å². The number of carbonyl (C=O) groups is 1. The van der Waals surface area contributed by atoms with E-state index in [9.17, 15) is 9.90 Å². The highest BCUT2D eigenvalue weighted by Gasteiger charge is 2.35. The normalized spacial score (nSPS) is 19.7. The maximum atomic E-state index is 11.1. The number of carboxylic acids is 1. The lowest BCUT2D eigenvalue weighted by Gasteiger charge is -2.35. The SMILES string of the molecule is CC(O)(Oc1ccccc1C(=O)O)C1CCCCC1. The third kappa shape index (κ3) is 3.26. The number of aromatic carboxylic acids is 1. The van der Waals surface area contributed by atoms with Gasteiger partial charge in [0.05, 0.1) is 0 Å². The average Bonchev–Trinajstić information content (AvgIpc) is 2.39. The van der Waals surface area contributed by atoms with Crippen LogP contribution in [-0.4, -0.2) is 22.0 Å². The van der Waals surface area contributed by atoms with Gasteiger partial charge in [-0.1, -0.05) is 31.4 Å². The predicted molar refractivity (Wildman–Crippen MR) is 71.2 cm³/mol. The van der Waals surface area contributed by atoms with Crippen LogP contribution in [0.4, 0.5) is 0 Å². The van der Waals surface area contributed by atoms with Gasteiger partial charge in [0, 0.05) is 12.8 Å². The van der Waals surface area contributed by atoms with Gasteiger partial charge in [0.1, 0.15) is 11.3 Å². The minimum absolute atomic E-state index is 0.0584. The molecule has 4 heteroatoms. The molecule has 104 valence electrons. The fourth-order valence-electron chi connectivity index (χ4n) is 2.68. The van der Waals surface area contributed by atoms with Crippen LogP contribution in [0.1, 0.15) is 49.4 Å². The van der Waals surface area contributed by atoms with Crippen LogP contribution in [0.5, 0.6) is 5.75 Å². The Balaban J connectivity index is 2.17. The molecule has 2 rings (SSSR count). The zero-order valence-electron chi connectivity index (χ0n) is 11.1. The standard InChI is InChI=1S/C15H20O4/c1-15(18,11-7-3-2-4-8-11)19-13-10-6-5-9-12(13)14(16)17/h5-6,9-11,18H,2-4,7-8H2,1H3,(H,16,17). The van der Waals surface area contributed by atoms with Crippen molar-refractivity contribution in [3.05, 3.63) is 29.8 Å². The van der Waals surface area contributed by atoms with Gasteiger partial charge in [0.2, 0.25) is 5.79 Å². The zero-order chi connectivity index (χ0) is 13.9. The van der Waals surface area contributed by atoms with E-state index in [4.69, 9.17) is 9.84 Å². The molecule has 0 aliphatic heterocycles. The van der Waals surface area contributed by atoms with Gasteiger partial charge in [0.25, 0.3) is 0 Å². The van der Waals surface area contributed by atoms with E-state index in [1.807, 2.05) is 0 Å². The lowest BCUT2D eigenvalue weighted by molar-refractivity contribution is -0.170. The van der Waals surface area contributed by atoms with Crippen LogP contribution < -0.4 is 4.74 Å². The molecular weight excluding hydrogens is 244 g/mol. The lowest BCUT2D eigenvalue weighted by atomic mass is 9.84. The molecule has 0 radical (unpaired) electrons. The molecule has 1 aliphatic rings. The fourth-order valence-corrected chi connectivity index (χ4v) is 2.68. The van der Waals surface area contributed by atoms with Gasteiger partial charge in [-0.3, -0.25) is 0 Å². The summed E-state index contributed by atoms with van der Waals surface area (Å²) in [7, 11) is 0. The minimum Gasteiger partial charge on any atom is -0.478 e. The van der Waals surface area contributed by atoms with Gasteiger partial charge in [-0.05, 0) is 25.0 Å². The molecule has 0 bridgehead atoms. The molecule has 0 aromatic heterocycles. The molecule has 1 aromatic carbocycles. The summed E-state index contributed by atoms with van der Waals surface area (Å²) in [6, 6.07) is 6.42. The number of ether oxygens (including phenoxy) is 1. The van der Waals surface area contributed by atoms with Crippen LogP contribution in [0.25, 0.3) is 0 Å². The first-order valence-electron chi connectivity index (χ1n) is 6.74. The molecule has 1 unspecified atom stereocenters. The molecule has 1 fully saturated rings. The van der Waals surface area contributed by atoms with Gasteiger partial charge >= 0.3 is 5.97 Å². The molecule has 0 spiro atoms. The first-order valence-corrected chi connectivity index (χ1v) is 6.74. The van der Waals surface area contributed by atoms with E-state index in [2.05, 4.69) is 0 Å². The summed E-state index contributed by atoms with van der Waals surface area (Å²) in [5.74, 6) is -2.07. The maximum Gasteiger partial charge on any atom is 0.339 e. The van der Waals surface area contributed by atoms with Gasteiger partial charge in [-0.15, -0.1) is 0 Å². The third-order valence-corrected chi connectivity index (χ3v) is 3.80. The molecular formula is C15H20O4. The molecule has 0 amide bonds.